The zero-order valence-electron chi connectivity index (χ0n) is 14.2. The predicted molar refractivity (Wildman–Crippen MR) is 109 cm³/mol. The van der Waals surface area contributed by atoms with Crippen molar-refractivity contribution in [2.45, 2.75) is 9.92 Å². The fourth-order valence-corrected chi connectivity index (χ4v) is 3.77. The summed E-state index contributed by atoms with van der Waals surface area (Å²) in [6.07, 6.45) is 2.94. The largest absolute Gasteiger partial charge is 0.434 e. The van der Waals surface area contributed by atoms with Crippen molar-refractivity contribution < 1.29 is 9.66 Å². The fourth-order valence-electron chi connectivity index (χ4n) is 2.53. The lowest BCUT2D eigenvalue weighted by atomic mass is 10.2. The average molecular weight is 455 g/mol. The normalized spacial score (nSPS) is 10.8. The van der Waals surface area contributed by atoms with Gasteiger partial charge in [-0.15, -0.1) is 0 Å². The zero-order chi connectivity index (χ0) is 19.5. The fraction of sp³-hybridized carbons (Fsp3) is 0. The highest BCUT2D eigenvalue weighted by Crippen LogP contribution is 2.40. The number of pyridine rings is 1. The first-order chi connectivity index (χ1) is 13.6. The maximum atomic E-state index is 11.7. The lowest BCUT2D eigenvalue weighted by molar-refractivity contribution is -0.389. The Morgan fingerprint density at radius 2 is 1.79 bits per heavy atom. The van der Waals surface area contributed by atoms with Crippen LogP contribution < -0.4 is 4.74 Å². The molecule has 2 heterocycles. The molecule has 138 valence electrons. The number of rotatable bonds is 5. The Bertz CT molecular complexity index is 1170. The molecule has 0 atom stereocenters. The molecule has 0 saturated carbocycles. The molecule has 0 aliphatic carbocycles. The first-order valence-corrected chi connectivity index (χ1v) is 9.67. The quantitative estimate of drug-likeness (QED) is 0.219. The van der Waals surface area contributed by atoms with Crippen LogP contribution in [0.15, 0.2) is 81.5 Å². The maximum absolute atomic E-state index is 11.7. The molecule has 0 spiro atoms. The minimum Gasteiger partial charge on any atom is -0.434 e. The van der Waals surface area contributed by atoms with Gasteiger partial charge in [-0.1, -0.05) is 45.9 Å². The van der Waals surface area contributed by atoms with Gasteiger partial charge in [0, 0.05) is 21.0 Å². The molecule has 28 heavy (non-hydrogen) atoms. The predicted octanol–water partition coefficient (Wildman–Crippen LogP) is 5.64. The van der Waals surface area contributed by atoms with Crippen LogP contribution in [0, 0.1) is 10.1 Å². The molecule has 0 aliphatic heterocycles. The third-order valence-electron chi connectivity index (χ3n) is 3.77. The van der Waals surface area contributed by atoms with Gasteiger partial charge >= 0.3 is 11.6 Å². The van der Waals surface area contributed by atoms with Crippen molar-refractivity contribution in [3.05, 3.63) is 81.7 Å². The van der Waals surface area contributed by atoms with E-state index in [1.54, 1.807) is 30.5 Å². The number of benzene rings is 2. The van der Waals surface area contributed by atoms with E-state index in [-0.39, 0.29) is 16.6 Å². The van der Waals surface area contributed by atoms with Crippen molar-refractivity contribution in [3.8, 4) is 11.6 Å². The number of ether oxygens (including phenoxy) is 1. The van der Waals surface area contributed by atoms with E-state index in [9.17, 15) is 10.1 Å². The van der Waals surface area contributed by atoms with E-state index in [2.05, 4.69) is 30.9 Å². The summed E-state index contributed by atoms with van der Waals surface area (Å²) >= 11 is 4.49. The molecular weight excluding hydrogens is 444 g/mol. The Hall–Kier alpha value is -3.04. The Balaban J connectivity index is 1.74. The number of nitro groups is 1. The van der Waals surface area contributed by atoms with Crippen LogP contribution in [-0.2, 0) is 0 Å². The van der Waals surface area contributed by atoms with Gasteiger partial charge in [-0.05, 0) is 36.4 Å². The van der Waals surface area contributed by atoms with E-state index >= 15 is 0 Å². The molecule has 0 saturated heterocycles. The van der Waals surface area contributed by atoms with Crippen molar-refractivity contribution >= 4 is 44.3 Å². The standard InChI is InChI=1S/C19H11BrN4O3S/c20-13-6-8-14(9-7-13)27-18-17(24(25)26)19(23-11-22-18)28-15-5-1-3-12-4-2-10-21-16(12)15/h1-11H. The lowest BCUT2D eigenvalue weighted by Crippen LogP contribution is -2.00. The van der Waals surface area contributed by atoms with Crippen LogP contribution in [0.1, 0.15) is 0 Å². The van der Waals surface area contributed by atoms with E-state index in [0.717, 1.165) is 32.0 Å². The average Bonchev–Trinajstić information content (AvgIpc) is 2.70. The van der Waals surface area contributed by atoms with Gasteiger partial charge in [0.2, 0.25) is 0 Å². The molecule has 2 aromatic carbocycles. The smallest absolute Gasteiger partial charge is 0.363 e. The second kappa shape index (κ2) is 7.91. The van der Waals surface area contributed by atoms with E-state index < -0.39 is 4.92 Å². The van der Waals surface area contributed by atoms with Gasteiger partial charge in [-0.25, -0.2) is 4.98 Å². The third kappa shape index (κ3) is 3.80. The summed E-state index contributed by atoms with van der Waals surface area (Å²) in [5.74, 6) is 0.325. The van der Waals surface area contributed by atoms with Gasteiger partial charge in [0.25, 0.3) is 0 Å². The van der Waals surface area contributed by atoms with E-state index in [0.29, 0.717) is 5.75 Å². The Morgan fingerprint density at radius 1 is 1.00 bits per heavy atom. The summed E-state index contributed by atoms with van der Waals surface area (Å²) in [6.45, 7) is 0. The second-order valence-electron chi connectivity index (χ2n) is 5.58. The van der Waals surface area contributed by atoms with Crippen LogP contribution in [0.2, 0.25) is 0 Å². The number of nitrogens with zero attached hydrogens (tertiary/aromatic N) is 4. The summed E-state index contributed by atoms with van der Waals surface area (Å²) in [6, 6.07) is 16.4. The molecule has 0 radical (unpaired) electrons. The highest BCUT2D eigenvalue weighted by molar-refractivity contribution is 9.10. The number of para-hydroxylation sites is 1. The van der Waals surface area contributed by atoms with Crippen LogP contribution in [-0.4, -0.2) is 19.9 Å². The first-order valence-electron chi connectivity index (χ1n) is 8.06. The SMILES string of the molecule is O=[N+]([O-])c1c(Oc2ccc(Br)cc2)ncnc1Sc1cccc2cccnc12. The number of hydrogen-bond acceptors (Lipinski definition) is 7. The maximum Gasteiger partial charge on any atom is 0.363 e. The monoisotopic (exact) mass is 454 g/mol. The number of hydrogen-bond donors (Lipinski definition) is 0. The lowest BCUT2D eigenvalue weighted by Gasteiger charge is -2.08. The Morgan fingerprint density at radius 3 is 2.57 bits per heavy atom. The van der Waals surface area contributed by atoms with Crippen LogP contribution >= 0.6 is 27.7 Å². The minimum atomic E-state index is -0.533. The van der Waals surface area contributed by atoms with E-state index in [1.165, 1.54) is 6.33 Å². The van der Waals surface area contributed by atoms with Gasteiger partial charge in [0.1, 0.15) is 12.1 Å². The van der Waals surface area contributed by atoms with Gasteiger partial charge in [-0.2, -0.15) is 4.98 Å². The summed E-state index contributed by atoms with van der Waals surface area (Å²) in [5.41, 5.74) is 0.460. The molecule has 9 heteroatoms. The van der Waals surface area contributed by atoms with Crippen LogP contribution in [0.3, 0.4) is 0 Å². The minimum absolute atomic E-state index is 0.113. The van der Waals surface area contributed by atoms with Crippen molar-refractivity contribution in [1.29, 1.82) is 0 Å². The molecule has 0 bridgehead atoms. The first kappa shape index (κ1) is 18.3. The van der Waals surface area contributed by atoms with E-state index in [1.807, 2.05) is 30.3 Å². The molecule has 0 unspecified atom stereocenters. The summed E-state index contributed by atoms with van der Waals surface area (Å²) in [5, 5.41) is 12.9. The second-order valence-corrected chi connectivity index (χ2v) is 7.53. The molecule has 0 amide bonds. The summed E-state index contributed by atoms with van der Waals surface area (Å²) in [4.78, 5) is 24.4. The molecule has 2 aromatic heterocycles. The van der Waals surface area contributed by atoms with Crippen molar-refractivity contribution in [1.82, 2.24) is 15.0 Å². The summed E-state index contributed by atoms with van der Waals surface area (Å²) in [7, 11) is 0. The van der Waals surface area contributed by atoms with Crippen LogP contribution in [0.25, 0.3) is 10.9 Å². The molecular formula is C19H11BrN4O3S. The topological polar surface area (TPSA) is 91.0 Å². The molecule has 0 N–H and O–H groups in total. The van der Waals surface area contributed by atoms with Crippen molar-refractivity contribution in [2.24, 2.45) is 0 Å². The number of aromatic nitrogens is 3. The number of halogens is 1. The van der Waals surface area contributed by atoms with E-state index in [4.69, 9.17) is 4.74 Å². The highest BCUT2D eigenvalue weighted by atomic mass is 79.9. The van der Waals surface area contributed by atoms with Crippen LogP contribution in [0.4, 0.5) is 5.69 Å². The van der Waals surface area contributed by atoms with Gasteiger partial charge in [0.15, 0.2) is 5.03 Å². The van der Waals surface area contributed by atoms with Crippen molar-refractivity contribution in [2.75, 3.05) is 0 Å². The van der Waals surface area contributed by atoms with Gasteiger partial charge in [0.05, 0.1) is 10.4 Å². The molecule has 7 nitrogen and oxygen atoms in total. The molecule has 4 rings (SSSR count). The third-order valence-corrected chi connectivity index (χ3v) is 5.34. The van der Waals surface area contributed by atoms with Crippen LogP contribution in [0.5, 0.6) is 11.6 Å². The molecule has 0 aliphatic rings. The number of fused-ring (bicyclic) bond motifs is 1. The summed E-state index contributed by atoms with van der Waals surface area (Å²) < 4.78 is 6.52. The Kier molecular flexibility index (Phi) is 5.18. The zero-order valence-corrected chi connectivity index (χ0v) is 16.6. The van der Waals surface area contributed by atoms with Gasteiger partial charge in [-0.3, -0.25) is 15.1 Å². The van der Waals surface area contributed by atoms with Gasteiger partial charge < -0.3 is 4.74 Å². The highest BCUT2D eigenvalue weighted by Gasteiger charge is 2.26. The molecule has 4 aromatic rings. The molecule has 0 fully saturated rings. The van der Waals surface area contributed by atoms with Crippen molar-refractivity contribution in [3.63, 3.8) is 0 Å². The Labute approximate surface area is 172 Å².